The summed E-state index contributed by atoms with van der Waals surface area (Å²) < 4.78 is 6.16. The number of aliphatic hydroxyl groups is 1. The number of benzene rings is 2. The van der Waals surface area contributed by atoms with Crippen LogP contribution < -0.4 is 0 Å². The van der Waals surface area contributed by atoms with Gasteiger partial charge in [-0.15, -0.1) is 0 Å². The lowest BCUT2D eigenvalue weighted by Crippen LogP contribution is -2.18. The van der Waals surface area contributed by atoms with Crippen LogP contribution in [0.25, 0.3) is 0 Å². The molecule has 0 aliphatic carbocycles. The Balaban J connectivity index is 1.92. The molecule has 0 saturated carbocycles. The highest BCUT2D eigenvalue weighted by molar-refractivity contribution is 9.10. The van der Waals surface area contributed by atoms with Gasteiger partial charge in [-0.05, 0) is 29.8 Å². The zero-order valence-electron chi connectivity index (χ0n) is 11.7. The Morgan fingerprint density at radius 3 is 2.57 bits per heavy atom. The molecule has 2 aromatic carbocycles. The molecule has 2 unspecified atom stereocenters. The zero-order chi connectivity index (χ0) is 15.2. The third kappa shape index (κ3) is 4.41. The lowest BCUT2D eigenvalue weighted by molar-refractivity contribution is 0.0263. The molecule has 2 atom stereocenters. The van der Waals surface area contributed by atoms with Crippen LogP contribution in [0, 0.1) is 5.92 Å². The molecule has 21 heavy (non-hydrogen) atoms. The van der Waals surface area contributed by atoms with Crippen LogP contribution in [0.5, 0.6) is 0 Å². The summed E-state index contributed by atoms with van der Waals surface area (Å²) in [5, 5.41) is 10.3. The predicted octanol–water partition coefficient (Wildman–Crippen LogP) is 3.98. The fraction of sp³-hybridized carbons (Fsp3) is 0.235. The molecule has 0 spiro atoms. The van der Waals surface area contributed by atoms with Crippen molar-refractivity contribution in [2.24, 2.45) is 5.92 Å². The van der Waals surface area contributed by atoms with E-state index in [9.17, 15) is 9.90 Å². The molecule has 0 saturated heterocycles. The minimum absolute atomic E-state index is 0.168. The average Bonchev–Trinajstić information content (AvgIpc) is 2.52. The molecule has 0 aromatic heterocycles. The molecule has 2 rings (SSSR count). The van der Waals surface area contributed by atoms with Crippen LogP contribution in [-0.4, -0.2) is 17.7 Å². The van der Waals surface area contributed by atoms with Crippen molar-refractivity contribution in [1.82, 2.24) is 0 Å². The van der Waals surface area contributed by atoms with Gasteiger partial charge < -0.3 is 9.84 Å². The molecule has 4 heteroatoms. The molecule has 0 heterocycles. The molecule has 0 bridgehead atoms. The predicted molar refractivity (Wildman–Crippen MR) is 85.0 cm³/mol. The molecule has 0 aliphatic heterocycles. The van der Waals surface area contributed by atoms with Gasteiger partial charge in [0.1, 0.15) is 0 Å². The van der Waals surface area contributed by atoms with Crippen LogP contribution in [0.3, 0.4) is 0 Å². The molecule has 1 N–H and O–H groups in total. The van der Waals surface area contributed by atoms with E-state index in [0.29, 0.717) is 5.56 Å². The van der Waals surface area contributed by atoms with Gasteiger partial charge in [0.15, 0.2) is 0 Å². The summed E-state index contributed by atoms with van der Waals surface area (Å²) in [6.45, 7) is 2.02. The topological polar surface area (TPSA) is 46.5 Å². The second kappa shape index (κ2) is 7.38. The Kier molecular flexibility index (Phi) is 5.53. The summed E-state index contributed by atoms with van der Waals surface area (Å²) >= 11 is 3.38. The van der Waals surface area contributed by atoms with E-state index in [-0.39, 0.29) is 18.5 Å². The second-order valence-corrected chi connectivity index (χ2v) is 5.86. The van der Waals surface area contributed by atoms with Gasteiger partial charge in [0, 0.05) is 10.4 Å². The fourth-order valence-corrected chi connectivity index (χ4v) is 2.39. The van der Waals surface area contributed by atoms with Crippen molar-refractivity contribution in [3.8, 4) is 0 Å². The monoisotopic (exact) mass is 348 g/mol. The van der Waals surface area contributed by atoms with E-state index in [1.165, 1.54) is 0 Å². The molecule has 3 nitrogen and oxygen atoms in total. The Labute approximate surface area is 132 Å². The Morgan fingerprint density at radius 1 is 1.19 bits per heavy atom. The Bertz CT molecular complexity index is 598. The quantitative estimate of drug-likeness (QED) is 0.831. The number of hydrogen-bond acceptors (Lipinski definition) is 3. The van der Waals surface area contributed by atoms with Crippen molar-refractivity contribution in [1.29, 1.82) is 0 Å². The largest absolute Gasteiger partial charge is 0.462 e. The van der Waals surface area contributed by atoms with Crippen LogP contribution >= 0.6 is 15.9 Å². The number of aliphatic hydroxyl groups excluding tert-OH is 1. The molecule has 0 fully saturated rings. The van der Waals surface area contributed by atoms with Gasteiger partial charge in [-0.3, -0.25) is 0 Å². The molecule has 0 aliphatic rings. The van der Waals surface area contributed by atoms with E-state index in [1.54, 1.807) is 24.3 Å². The molecular formula is C17H17BrO3. The average molecular weight is 349 g/mol. The third-order valence-electron chi connectivity index (χ3n) is 3.22. The molecule has 0 amide bonds. The number of rotatable bonds is 5. The summed E-state index contributed by atoms with van der Waals surface area (Å²) in [4.78, 5) is 11.9. The van der Waals surface area contributed by atoms with E-state index >= 15 is 0 Å². The van der Waals surface area contributed by atoms with Crippen LogP contribution in [-0.2, 0) is 4.74 Å². The van der Waals surface area contributed by atoms with Gasteiger partial charge >= 0.3 is 5.97 Å². The first-order valence-electron chi connectivity index (χ1n) is 6.73. The smallest absolute Gasteiger partial charge is 0.338 e. The van der Waals surface area contributed by atoms with Gasteiger partial charge in [0.25, 0.3) is 0 Å². The number of hydrogen-bond donors (Lipinski definition) is 1. The number of halogens is 1. The highest BCUT2D eigenvalue weighted by Gasteiger charge is 2.19. The zero-order valence-corrected chi connectivity index (χ0v) is 13.3. The van der Waals surface area contributed by atoms with E-state index in [1.807, 2.05) is 37.3 Å². The number of ether oxygens (including phenoxy) is 1. The van der Waals surface area contributed by atoms with Crippen LogP contribution in [0.15, 0.2) is 59.1 Å². The van der Waals surface area contributed by atoms with Gasteiger partial charge in [-0.25, -0.2) is 4.79 Å². The summed E-state index contributed by atoms with van der Waals surface area (Å²) in [6, 6.07) is 16.3. The maximum Gasteiger partial charge on any atom is 0.338 e. The Morgan fingerprint density at radius 2 is 1.90 bits per heavy atom. The number of esters is 1. The summed E-state index contributed by atoms with van der Waals surface area (Å²) in [5.74, 6) is -0.559. The highest BCUT2D eigenvalue weighted by Crippen LogP contribution is 2.24. The Hall–Kier alpha value is -1.65. The molecular weight excluding hydrogens is 332 g/mol. The van der Waals surface area contributed by atoms with Crippen LogP contribution in [0.1, 0.15) is 28.9 Å². The lowest BCUT2D eigenvalue weighted by atomic mass is 9.98. The highest BCUT2D eigenvalue weighted by atomic mass is 79.9. The van der Waals surface area contributed by atoms with E-state index in [2.05, 4.69) is 15.9 Å². The number of carbonyl (C=O) groups excluding carboxylic acids is 1. The third-order valence-corrected chi connectivity index (χ3v) is 3.71. The maximum absolute atomic E-state index is 11.9. The second-order valence-electron chi connectivity index (χ2n) is 4.94. The molecule has 2 aromatic rings. The summed E-state index contributed by atoms with van der Waals surface area (Å²) in [7, 11) is 0. The SMILES string of the molecule is CC(COC(=O)c1ccccc1)C(O)c1cccc(Br)c1. The van der Waals surface area contributed by atoms with Crippen LogP contribution in [0.2, 0.25) is 0 Å². The van der Waals surface area contributed by atoms with Crippen molar-refractivity contribution in [2.45, 2.75) is 13.0 Å². The van der Waals surface area contributed by atoms with Crippen molar-refractivity contribution < 1.29 is 14.6 Å². The van der Waals surface area contributed by atoms with Crippen molar-refractivity contribution in [2.75, 3.05) is 6.61 Å². The first-order valence-corrected chi connectivity index (χ1v) is 7.53. The molecule has 0 radical (unpaired) electrons. The minimum atomic E-state index is -0.675. The van der Waals surface area contributed by atoms with Gasteiger partial charge in [-0.2, -0.15) is 0 Å². The summed E-state index contributed by atoms with van der Waals surface area (Å²) in [6.07, 6.45) is -0.675. The number of carbonyl (C=O) groups is 1. The first-order chi connectivity index (χ1) is 10.1. The van der Waals surface area contributed by atoms with E-state index < -0.39 is 6.10 Å². The van der Waals surface area contributed by atoms with Gasteiger partial charge in [0.2, 0.25) is 0 Å². The van der Waals surface area contributed by atoms with Crippen molar-refractivity contribution >= 4 is 21.9 Å². The van der Waals surface area contributed by atoms with Gasteiger partial charge in [0.05, 0.1) is 18.3 Å². The maximum atomic E-state index is 11.9. The minimum Gasteiger partial charge on any atom is -0.462 e. The summed E-state index contributed by atoms with van der Waals surface area (Å²) in [5.41, 5.74) is 1.31. The normalized spacial score (nSPS) is 13.5. The standard InChI is InChI=1S/C17H17BrO3/c1-12(16(19)14-8-5-9-15(18)10-14)11-21-17(20)13-6-3-2-4-7-13/h2-10,12,16,19H,11H2,1H3. The lowest BCUT2D eigenvalue weighted by Gasteiger charge is -2.19. The fourth-order valence-electron chi connectivity index (χ4n) is 1.97. The van der Waals surface area contributed by atoms with E-state index in [0.717, 1.165) is 10.0 Å². The molecule has 110 valence electrons. The van der Waals surface area contributed by atoms with Crippen molar-refractivity contribution in [3.05, 3.63) is 70.2 Å². The first kappa shape index (κ1) is 15.7. The van der Waals surface area contributed by atoms with Gasteiger partial charge in [-0.1, -0.05) is 53.2 Å². The van der Waals surface area contributed by atoms with Crippen LogP contribution in [0.4, 0.5) is 0 Å². The van der Waals surface area contributed by atoms with E-state index in [4.69, 9.17) is 4.74 Å². The van der Waals surface area contributed by atoms with Crippen molar-refractivity contribution in [3.63, 3.8) is 0 Å².